The Morgan fingerprint density at radius 2 is 1.65 bits per heavy atom. The molecule has 0 atom stereocenters. The molecule has 4 nitrogen and oxygen atoms in total. The van der Waals surface area contributed by atoms with Crippen LogP contribution in [0, 0.1) is 5.92 Å². The average Bonchev–Trinajstić information content (AvgIpc) is 2.40. The van der Waals surface area contributed by atoms with Gasteiger partial charge in [-0.3, -0.25) is 4.72 Å². The van der Waals surface area contributed by atoms with Gasteiger partial charge in [0, 0.05) is 17.9 Å². The van der Waals surface area contributed by atoms with Crippen LogP contribution in [0.1, 0.15) is 38.5 Å². The molecule has 1 aliphatic rings. The van der Waals surface area contributed by atoms with E-state index in [0.29, 0.717) is 5.69 Å². The van der Waals surface area contributed by atoms with Crippen LogP contribution in [-0.2, 0) is 10.0 Å². The lowest BCUT2D eigenvalue weighted by atomic mass is 9.87. The Labute approximate surface area is 122 Å². The summed E-state index contributed by atoms with van der Waals surface area (Å²) in [6.07, 6.45) is 9.30. The second-order valence-electron chi connectivity index (χ2n) is 5.67. The predicted molar refractivity (Wildman–Crippen MR) is 84.6 cm³/mol. The van der Waals surface area contributed by atoms with Gasteiger partial charge in [-0.25, -0.2) is 8.42 Å². The first-order valence-electron chi connectivity index (χ1n) is 7.35. The summed E-state index contributed by atoms with van der Waals surface area (Å²) in [5, 5.41) is 3.40. The number of benzene rings is 1. The van der Waals surface area contributed by atoms with Gasteiger partial charge in [0.1, 0.15) is 0 Å². The van der Waals surface area contributed by atoms with Gasteiger partial charge in [0.15, 0.2) is 0 Å². The van der Waals surface area contributed by atoms with Crippen molar-refractivity contribution in [2.24, 2.45) is 5.92 Å². The lowest BCUT2D eigenvalue weighted by molar-refractivity contribution is 0.345. The first-order chi connectivity index (χ1) is 9.53. The molecular formula is C15H24N2O2S. The minimum absolute atomic E-state index is 0.602. The van der Waals surface area contributed by atoms with E-state index in [2.05, 4.69) is 10.0 Å². The smallest absolute Gasteiger partial charge is 0.229 e. The van der Waals surface area contributed by atoms with Crippen LogP contribution in [0.15, 0.2) is 24.3 Å². The van der Waals surface area contributed by atoms with Crippen molar-refractivity contribution in [3.05, 3.63) is 24.3 Å². The van der Waals surface area contributed by atoms with Gasteiger partial charge < -0.3 is 5.32 Å². The van der Waals surface area contributed by atoms with Crippen molar-refractivity contribution >= 4 is 21.4 Å². The first kappa shape index (κ1) is 15.2. The van der Waals surface area contributed by atoms with Gasteiger partial charge in [0.2, 0.25) is 10.0 Å². The molecule has 0 radical (unpaired) electrons. The van der Waals surface area contributed by atoms with Gasteiger partial charge >= 0.3 is 0 Å². The highest BCUT2D eigenvalue weighted by atomic mass is 32.2. The zero-order chi connectivity index (χ0) is 14.4. The molecule has 1 aromatic carbocycles. The predicted octanol–water partition coefficient (Wildman–Crippen LogP) is 3.44. The second kappa shape index (κ2) is 6.97. The summed E-state index contributed by atoms with van der Waals surface area (Å²) in [4.78, 5) is 0. The molecule has 1 aliphatic carbocycles. The van der Waals surface area contributed by atoms with Crippen molar-refractivity contribution in [3.8, 4) is 0 Å². The second-order valence-corrected chi connectivity index (χ2v) is 7.42. The fourth-order valence-corrected chi connectivity index (χ4v) is 3.33. The minimum Gasteiger partial charge on any atom is -0.385 e. The molecule has 1 fully saturated rings. The Morgan fingerprint density at radius 3 is 2.25 bits per heavy atom. The molecule has 2 N–H and O–H groups in total. The van der Waals surface area contributed by atoms with Crippen molar-refractivity contribution in [2.45, 2.75) is 38.5 Å². The van der Waals surface area contributed by atoms with E-state index in [-0.39, 0.29) is 0 Å². The Balaban J connectivity index is 1.76. The quantitative estimate of drug-likeness (QED) is 0.845. The van der Waals surface area contributed by atoms with Crippen LogP contribution in [0.5, 0.6) is 0 Å². The van der Waals surface area contributed by atoms with Crippen molar-refractivity contribution < 1.29 is 8.42 Å². The standard InChI is InChI=1S/C15H24N2O2S/c1-20(18,19)17-15-9-7-14(8-10-15)16-12-11-13-5-3-2-4-6-13/h7-10,13,16-17H,2-6,11-12H2,1H3. The largest absolute Gasteiger partial charge is 0.385 e. The van der Waals surface area contributed by atoms with Gasteiger partial charge in [-0.05, 0) is 36.6 Å². The molecular weight excluding hydrogens is 272 g/mol. The van der Waals surface area contributed by atoms with Crippen molar-refractivity contribution in [2.75, 3.05) is 22.8 Å². The summed E-state index contributed by atoms with van der Waals surface area (Å²) in [6.45, 7) is 0.990. The average molecular weight is 296 g/mol. The molecule has 0 aliphatic heterocycles. The van der Waals surface area contributed by atoms with E-state index >= 15 is 0 Å². The maximum absolute atomic E-state index is 11.1. The Kier molecular flexibility index (Phi) is 5.29. The van der Waals surface area contributed by atoms with E-state index in [9.17, 15) is 8.42 Å². The third kappa shape index (κ3) is 5.41. The highest BCUT2D eigenvalue weighted by molar-refractivity contribution is 7.92. The topological polar surface area (TPSA) is 58.2 Å². The maximum atomic E-state index is 11.1. The monoisotopic (exact) mass is 296 g/mol. The molecule has 1 aromatic rings. The van der Waals surface area contributed by atoms with Crippen LogP contribution in [0.4, 0.5) is 11.4 Å². The van der Waals surface area contributed by atoms with Crippen LogP contribution in [-0.4, -0.2) is 21.2 Å². The van der Waals surface area contributed by atoms with E-state index in [1.54, 1.807) is 12.1 Å². The minimum atomic E-state index is -3.19. The Bertz CT molecular complexity index is 505. The molecule has 0 bridgehead atoms. The molecule has 2 rings (SSSR count). The molecule has 0 saturated heterocycles. The van der Waals surface area contributed by atoms with Gasteiger partial charge in [-0.2, -0.15) is 0 Å². The van der Waals surface area contributed by atoms with Gasteiger partial charge in [0.25, 0.3) is 0 Å². The molecule has 0 amide bonds. The van der Waals surface area contributed by atoms with Gasteiger partial charge in [0.05, 0.1) is 6.26 Å². The van der Waals surface area contributed by atoms with E-state index in [1.165, 1.54) is 38.5 Å². The lowest BCUT2D eigenvalue weighted by Gasteiger charge is -2.21. The van der Waals surface area contributed by atoms with Crippen LogP contribution in [0.3, 0.4) is 0 Å². The molecule has 0 unspecified atom stereocenters. The van der Waals surface area contributed by atoms with E-state index in [4.69, 9.17) is 0 Å². The Morgan fingerprint density at radius 1 is 1.05 bits per heavy atom. The molecule has 0 heterocycles. The van der Waals surface area contributed by atoms with Gasteiger partial charge in [-0.15, -0.1) is 0 Å². The number of hydrogen-bond donors (Lipinski definition) is 2. The Hall–Kier alpha value is -1.23. The van der Waals surface area contributed by atoms with Gasteiger partial charge in [-0.1, -0.05) is 32.1 Å². The highest BCUT2D eigenvalue weighted by Gasteiger charge is 2.12. The van der Waals surface area contributed by atoms with Crippen molar-refractivity contribution in [1.82, 2.24) is 0 Å². The number of hydrogen-bond acceptors (Lipinski definition) is 3. The fraction of sp³-hybridized carbons (Fsp3) is 0.600. The third-order valence-electron chi connectivity index (χ3n) is 3.79. The zero-order valence-corrected chi connectivity index (χ0v) is 12.9. The summed E-state index contributed by atoms with van der Waals surface area (Å²) >= 11 is 0. The normalized spacial score (nSPS) is 16.9. The SMILES string of the molecule is CS(=O)(=O)Nc1ccc(NCCC2CCCCC2)cc1. The molecule has 0 spiro atoms. The summed E-state index contributed by atoms with van der Waals surface area (Å²) < 4.78 is 24.7. The maximum Gasteiger partial charge on any atom is 0.229 e. The molecule has 1 saturated carbocycles. The molecule has 0 aromatic heterocycles. The first-order valence-corrected chi connectivity index (χ1v) is 9.24. The summed E-state index contributed by atoms with van der Waals surface area (Å²) in [7, 11) is -3.19. The molecule has 112 valence electrons. The fourth-order valence-electron chi connectivity index (χ4n) is 2.77. The van der Waals surface area contributed by atoms with Crippen LogP contribution in [0.2, 0.25) is 0 Å². The summed E-state index contributed by atoms with van der Waals surface area (Å²) in [6, 6.07) is 7.39. The van der Waals surface area contributed by atoms with E-state index < -0.39 is 10.0 Å². The number of sulfonamides is 1. The summed E-state index contributed by atoms with van der Waals surface area (Å²) in [5.41, 5.74) is 1.64. The van der Waals surface area contributed by atoms with E-state index in [1.807, 2.05) is 12.1 Å². The summed E-state index contributed by atoms with van der Waals surface area (Å²) in [5.74, 6) is 0.877. The molecule has 20 heavy (non-hydrogen) atoms. The van der Waals surface area contributed by atoms with Crippen LogP contribution < -0.4 is 10.0 Å². The number of nitrogens with one attached hydrogen (secondary N) is 2. The lowest BCUT2D eigenvalue weighted by Crippen LogP contribution is -2.12. The highest BCUT2D eigenvalue weighted by Crippen LogP contribution is 2.26. The van der Waals surface area contributed by atoms with E-state index in [0.717, 1.165) is 24.4 Å². The number of anilines is 2. The third-order valence-corrected chi connectivity index (χ3v) is 4.40. The van der Waals surface area contributed by atoms with Crippen molar-refractivity contribution in [1.29, 1.82) is 0 Å². The van der Waals surface area contributed by atoms with Crippen LogP contribution in [0.25, 0.3) is 0 Å². The molecule has 5 heteroatoms. The van der Waals surface area contributed by atoms with Crippen molar-refractivity contribution in [3.63, 3.8) is 0 Å². The number of rotatable bonds is 6. The zero-order valence-electron chi connectivity index (χ0n) is 12.1. The van der Waals surface area contributed by atoms with Crippen LogP contribution >= 0.6 is 0 Å².